The minimum absolute atomic E-state index is 0.0704. The summed E-state index contributed by atoms with van der Waals surface area (Å²) in [6.45, 7) is 1.44. The van der Waals surface area contributed by atoms with E-state index >= 15 is 0 Å². The Hall–Kier alpha value is -4.49. The highest BCUT2D eigenvalue weighted by Crippen LogP contribution is 2.27. The third kappa shape index (κ3) is 4.02. The van der Waals surface area contributed by atoms with E-state index in [1.807, 2.05) is 0 Å². The van der Waals surface area contributed by atoms with Gasteiger partial charge in [0.05, 0.1) is 24.2 Å². The van der Waals surface area contributed by atoms with Crippen LogP contribution in [0.1, 0.15) is 6.92 Å². The first-order chi connectivity index (χ1) is 16.7. The molecule has 1 aliphatic heterocycles. The first-order valence-corrected chi connectivity index (χ1v) is 10.6. The van der Waals surface area contributed by atoms with Gasteiger partial charge in [-0.2, -0.15) is 0 Å². The maximum Gasteiger partial charge on any atom is 0.260 e. The van der Waals surface area contributed by atoms with E-state index < -0.39 is 23.5 Å². The molecule has 0 bridgehead atoms. The highest BCUT2D eigenvalue weighted by molar-refractivity contribution is 6.06. The van der Waals surface area contributed by atoms with Gasteiger partial charge in [0.15, 0.2) is 28.9 Å². The van der Waals surface area contributed by atoms with Gasteiger partial charge in [0, 0.05) is 36.3 Å². The van der Waals surface area contributed by atoms with E-state index in [4.69, 9.17) is 15.0 Å². The van der Waals surface area contributed by atoms with Gasteiger partial charge in [-0.1, -0.05) is 5.16 Å². The van der Waals surface area contributed by atoms with Gasteiger partial charge in [-0.3, -0.25) is 19.3 Å². The lowest BCUT2D eigenvalue weighted by Gasteiger charge is -2.37. The molecule has 35 heavy (non-hydrogen) atoms. The number of aromatic amines is 1. The van der Waals surface area contributed by atoms with Crippen LogP contribution in [0.15, 0.2) is 58.1 Å². The van der Waals surface area contributed by atoms with Crippen LogP contribution >= 0.6 is 0 Å². The Labute approximate surface area is 197 Å². The number of carbonyl (C=O) groups is 2. The average Bonchev–Trinajstić information content (AvgIpc) is 3.46. The van der Waals surface area contributed by atoms with Crippen LogP contribution in [0.5, 0.6) is 0 Å². The van der Waals surface area contributed by atoms with Crippen LogP contribution in [0, 0.1) is 0 Å². The van der Waals surface area contributed by atoms with Crippen LogP contribution in [-0.4, -0.2) is 61.7 Å². The van der Waals surface area contributed by atoms with Crippen LogP contribution in [-0.2, 0) is 14.3 Å². The second-order valence-electron chi connectivity index (χ2n) is 8.15. The van der Waals surface area contributed by atoms with E-state index in [1.165, 1.54) is 34.8 Å². The van der Waals surface area contributed by atoms with E-state index in [2.05, 4.69) is 20.6 Å². The van der Waals surface area contributed by atoms with Crippen molar-refractivity contribution in [2.24, 2.45) is 0 Å². The number of H-pyrrole nitrogens is 1. The molecule has 13 nitrogen and oxygen atoms in total. The van der Waals surface area contributed by atoms with Gasteiger partial charge in [-0.25, -0.2) is 4.68 Å². The number of nitrogens with one attached hydrogen (secondary N) is 2. The Morgan fingerprint density at radius 2 is 2.11 bits per heavy atom. The molecule has 0 spiro atoms. The molecule has 4 heterocycles. The van der Waals surface area contributed by atoms with Crippen molar-refractivity contribution in [2.45, 2.75) is 18.6 Å². The zero-order valence-electron chi connectivity index (χ0n) is 18.5. The molecule has 180 valence electrons. The normalized spacial score (nSPS) is 17.9. The number of carbonyl (C=O) groups excluding carboxylic acids is 2. The molecule has 1 fully saturated rings. The number of morpholine rings is 1. The Bertz CT molecular complexity index is 1490. The van der Waals surface area contributed by atoms with Crippen molar-refractivity contribution in [3.8, 4) is 5.69 Å². The number of hydrogen-bond donors (Lipinski definition) is 4. The molecule has 13 heteroatoms. The van der Waals surface area contributed by atoms with E-state index in [-0.39, 0.29) is 30.3 Å². The summed E-state index contributed by atoms with van der Waals surface area (Å²) in [6, 6.07) is 9.30. The van der Waals surface area contributed by atoms with E-state index in [9.17, 15) is 19.5 Å². The summed E-state index contributed by atoms with van der Waals surface area (Å²) in [6.07, 6.45) is 1.60. The third-order valence-electron chi connectivity index (χ3n) is 5.69. The Morgan fingerprint density at radius 3 is 2.91 bits per heavy atom. The molecule has 5 rings (SSSR count). The van der Waals surface area contributed by atoms with Gasteiger partial charge in [0.2, 0.25) is 5.56 Å². The molecule has 4 aromatic rings. The van der Waals surface area contributed by atoms with Crippen molar-refractivity contribution in [1.29, 1.82) is 0 Å². The number of rotatable bonds is 5. The number of ether oxygens (including phenoxy) is 1. The lowest BCUT2D eigenvalue weighted by molar-refractivity contribution is -0.165. The molecule has 1 aromatic carbocycles. The van der Waals surface area contributed by atoms with Crippen molar-refractivity contribution >= 4 is 40.1 Å². The van der Waals surface area contributed by atoms with Crippen molar-refractivity contribution < 1.29 is 24.0 Å². The van der Waals surface area contributed by atoms with Gasteiger partial charge in [-0.05, 0) is 25.1 Å². The number of fused-ring (bicyclic) bond motifs is 1. The third-order valence-corrected chi connectivity index (χ3v) is 5.69. The number of nitrogen functional groups attached to an aromatic ring is 1. The molecule has 5 N–H and O–H groups in total. The largest absolute Gasteiger partial charge is 0.380 e. The second kappa shape index (κ2) is 8.38. The van der Waals surface area contributed by atoms with Crippen molar-refractivity contribution in [2.75, 3.05) is 29.1 Å². The topological polar surface area (TPSA) is 182 Å². The lowest BCUT2D eigenvalue weighted by Crippen LogP contribution is -2.61. The SMILES string of the molecule is C[C@](O)(C(=O)Nc1ccc2c(N)noc2c1)[C@H]1OCCN(c2ccn(-c3cc[nH]c(=O)c3)n2)C1=O. The van der Waals surface area contributed by atoms with E-state index in [0.717, 1.165) is 0 Å². The summed E-state index contributed by atoms with van der Waals surface area (Å²) in [5.74, 6) is -0.981. The molecule has 3 aromatic heterocycles. The Balaban J connectivity index is 1.34. The Kier molecular flexibility index (Phi) is 5.34. The van der Waals surface area contributed by atoms with E-state index in [1.54, 1.807) is 30.5 Å². The van der Waals surface area contributed by atoms with Crippen LogP contribution in [0.4, 0.5) is 17.3 Å². The zero-order valence-corrected chi connectivity index (χ0v) is 18.5. The predicted molar refractivity (Wildman–Crippen MR) is 124 cm³/mol. The van der Waals surface area contributed by atoms with Gasteiger partial charge >= 0.3 is 0 Å². The first-order valence-electron chi connectivity index (χ1n) is 10.6. The highest BCUT2D eigenvalue weighted by Gasteiger charge is 2.48. The molecular formula is C22H21N7O6. The standard InChI is InChI=1S/C22H21N7O6/c1-22(33,21(32)25-12-2-3-14-15(10-12)35-27-19(14)23)18-20(31)28(8-9-34-18)16-5-7-29(26-16)13-4-6-24-17(30)11-13/h2-7,10-11,18,33H,8-9H2,1H3,(H2,23,27)(H,24,30)(H,25,32)/t18-,22+/m0/s1. The van der Waals surface area contributed by atoms with Crippen molar-refractivity contribution in [1.82, 2.24) is 19.9 Å². The maximum atomic E-state index is 13.2. The fraction of sp³-hybridized carbons (Fsp3) is 0.227. The van der Waals surface area contributed by atoms with Crippen LogP contribution in [0.25, 0.3) is 16.7 Å². The summed E-state index contributed by atoms with van der Waals surface area (Å²) in [5, 5.41) is 22.2. The smallest absolute Gasteiger partial charge is 0.260 e. The molecule has 0 radical (unpaired) electrons. The highest BCUT2D eigenvalue weighted by atomic mass is 16.5. The van der Waals surface area contributed by atoms with Crippen LogP contribution in [0.2, 0.25) is 0 Å². The minimum Gasteiger partial charge on any atom is -0.380 e. The molecule has 0 unspecified atom stereocenters. The van der Waals surface area contributed by atoms with Gasteiger partial charge in [0.1, 0.15) is 0 Å². The molecule has 1 aliphatic rings. The van der Waals surface area contributed by atoms with Crippen molar-refractivity contribution in [3.63, 3.8) is 0 Å². The fourth-order valence-electron chi connectivity index (χ4n) is 3.80. The number of aromatic nitrogens is 4. The molecular weight excluding hydrogens is 458 g/mol. The number of amides is 2. The molecule has 0 saturated carbocycles. The number of pyridine rings is 1. The Morgan fingerprint density at radius 1 is 1.29 bits per heavy atom. The monoisotopic (exact) mass is 479 g/mol. The lowest BCUT2D eigenvalue weighted by atomic mass is 9.95. The summed E-state index contributed by atoms with van der Waals surface area (Å²) in [5.41, 5.74) is 4.37. The quantitative estimate of drug-likeness (QED) is 0.315. The van der Waals surface area contributed by atoms with E-state index in [0.29, 0.717) is 22.3 Å². The number of benzene rings is 1. The average molecular weight is 479 g/mol. The van der Waals surface area contributed by atoms with Crippen LogP contribution in [0.3, 0.4) is 0 Å². The maximum absolute atomic E-state index is 13.2. The van der Waals surface area contributed by atoms with Gasteiger partial charge < -0.3 is 30.4 Å². The second-order valence-corrected chi connectivity index (χ2v) is 8.15. The number of hydrogen-bond acceptors (Lipinski definition) is 9. The minimum atomic E-state index is -2.21. The first kappa shape index (κ1) is 22.3. The summed E-state index contributed by atoms with van der Waals surface area (Å²) < 4.78 is 12.1. The number of anilines is 3. The molecule has 2 amide bonds. The van der Waals surface area contributed by atoms with Crippen LogP contribution < -0.4 is 21.5 Å². The zero-order chi connectivity index (χ0) is 24.7. The number of nitrogens with two attached hydrogens (primary N) is 1. The van der Waals surface area contributed by atoms with Crippen molar-refractivity contribution in [3.05, 3.63) is 59.1 Å². The summed E-state index contributed by atoms with van der Waals surface area (Å²) >= 11 is 0. The molecule has 2 atom stereocenters. The summed E-state index contributed by atoms with van der Waals surface area (Å²) in [7, 11) is 0. The number of nitrogens with zero attached hydrogens (tertiary/aromatic N) is 4. The summed E-state index contributed by atoms with van der Waals surface area (Å²) in [4.78, 5) is 41.6. The van der Waals surface area contributed by atoms with Gasteiger partial charge in [-0.15, -0.1) is 5.10 Å². The fourth-order valence-corrected chi connectivity index (χ4v) is 3.80. The predicted octanol–water partition coefficient (Wildman–Crippen LogP) is 0.405. The van der Waals surface area contributed by atoms with Gasteiger partial charge in [0.25, 0.3) is 11.8 Å². The number of aliphatic hydroxyl groups is 1. The molecule has 0 aliphatic carbocycles. The molecule has 1 saturated heterocycles.